The van der Waals surface area contributed by atoms with Gasteiger partial charge in [-0.05, 0) is 24.8 Å². The molecule has 1 aliphatic heterocycles. The van der Waals surface area contributed by atoms with E-state index in [-0.39, 0.29) is 18.4 Å². The summed E-state index contributed by atoms with van der Waals surface area (Å²) in [4.78, 5) is 36.4. The minimum absolute atomic E-state index is 0.00403. The maximum Gasteiger partial charge on any atom is 0.325 e. The van der Waals surface area contributed by atoms with Crippen LogP contribution in [0.1, 0.15) is 32.6 Å². The van der Waals surface area contributed by atoms with Gasteiger partial charge in [-0.15, -0.1) is 0 Å². The lowest BCUT2D eigenvalue weighted by Crippen LogP contribution is -2.56. The smallest absolute Gasteiger partial charge is 0.325 e. The zero-order valence-corrected chi connectivity index (χ0v) is 13.8. The average molecular weight is 338 g/mol. The van der Waals surface area contributed by atoms with E-state index in [1.165, 1.54) is 14.0 Å². The predicted octanol–water partition coefficient (Wildman–Crippen LogP) is 0.229. The molecule has 8 heteroatoms. The molecule has 0 aromatic carbocycles. The van der Waals surface area contributed by atoms with E-state index in [9.17, 15) is 19.5 Å². The molecule has 3 atom stereocenters. The first kappa shape index (κ1) is 18.2. The van der Waals surface area contributed by atoms with Crippen LogP contribution < -0.4 is 11.1 Å². The summed E-state index contributed by atoms with van der Waals surface area (Å²) in [6, 6.07) is -0.981. The molecule has 1 aliphatic carbocycles. The molecule has 2 fully saturated rings. The molecule has 2 unspecified atom stereocenters. The highest BCUT2D eigenvalue weighted by atomic mass is 16.6. The minimum Gasteiger partial charge on any atom is -0.506 e. The molecular weight excluding hydrogens is 316 g/mol. The summed E-state index contributed by atoms with van der Waals surface area (Å²) in [7, 11) is 1.39. The summed E-state index contributed by atoms with van der Waals surface area (Å²) in [5, 5.41) is 13.1. The van der Waals surface area contributed by atoms with Gasteiger partial charge in [-0.2, -0.15) is 0 Å². The van der Waals surface area contributed by atoms with Crippen molar-refractivity contribution >= 4 is 17.7 Å². The van der Waals surface area contributed by atoms with Crippen molar-refractivity contribution in [2.45, 2.75) is 50.5 Å². The van der Waals surface area contributed by atoms with Crippen molar-refractivity contribution < 1.29 is 29.0 Å². The molecule has 0 bridgehead atoms. The van der Waals surface area contributed by atoms with E-state index in [1.54, 1.807) is 0 Å². The Labute approximate surface area is 139 Å². The van der Waals surface area contributed by atoms with Gasteiger partial charge < -0.3 is 25.6 Å². The number of nitrogens with two attached hydrogens (primary N) is 1. The Kier molecular flexibility index (Phi) is 5.10. The third kappa shape index (κ3) is 3.34. The molecular formula is C16H22N2O6. The number of amides is 1. The number of ketones is 1. The van der Waals surface area contributed by atoms with Crippen molar-refractivity contribution in [3.8, 4) is 0 Å². The predicted molar refractivity (Wildman–Crippen MR) is 83.7 cm³/mol. The number of aliphatic hydroxyl groups is 1. The lowest BCUT2D eigenvalue weighted by atomic mass is 9.84. The Morgan fingerprint density at radius 3 is 2.67 bits per heavy atom. The molecule has 132 valence electrons. The monoisotopic (exact) mass is 338 g/mol. The number of Topliss-reactive ketones (excluding diaryl/α,β-unsaturated/α-hetero) is 1. The zero-order chi connectivity index (χ0) is 18.1. The molecule has 0 radical (unpaired) electrons. The van der Waals surface area contributed by atoms with Crippen molar-refractivity contribution in [3.05, 3.63) is 23.5 Å². The number of nitrogens with one attached hydrogen (secondary N) is 1. The van der Waals surface area contributed by atoms with Crippen molar-refractivity contribution in [1.29, 1.82) is 0 Å². The number of rotatable bonds is 2. The van der Waals surface area contributed by atoms with E-state index >= 15 is 0 Å². The quantitative estimate of drug-likeness (QED) is 0.373. The van der Waals surface area contributed by atoms with Crippen molar-refractivity contribution in [1.82, 2.24) is 5.32 Å². The number of ether oxygens (including phenoxy) is 2. The fraction of sp³-hybridized carbons (Fsp3) is 0.562. The highest BCUT2D eigenvalue weighted by Crippen LogP contribution is 2.33. The molecule has 1 saturated carbocycles. The summed E-state index contributed by atoms with van der Waals surface area (Å²) in [5.41, 5.74) is 4.06. The normalized spacial score (nSPS) is 34.1. The van der Waals surface area contributed by atoms with Gasteiger partial charge >= 0.3 is 5.97 Å². The number of hydrogen-bond donors (Lipinski definition) is 3. The SMILES string of the molecule is C=C1CCC(OC)C(=O)C1=C(O)C1(C)NC(=O)CC[C@@H](N)C(=O)O1. The van der Waals surface area contributed by atoms with Crippen molar-refractivity contribution in [2.75, 3.05) is 7.11 Å². The molecule has 1 amide bonds. The van der Waals surface area contributed by atoms with Gasteiger partial charge in [0.1, 0.15) is 12.1 Å². The molecule has 4 N–H and O–H groups in total. The number of methoxy groups -OCH3 is 1. The van der Waals surface area contributed by atoms with E-state index in [1.807, 2.05) is 0 Å². The Bertz CT molecular complexity index is 626. The number of carbonyl (C=O) groups excluding carboxylic acids is 3. The summed E-state index contributed by atoms with van der Waals surface area (Å²) in [6.07, 6.45) is 0.290. The second-order valence-electron chi connectivity index (χ2n) is 6.10. The minimum atomic E-state index is -1.89. The molecule has 24 heavy (non-hydrogen) atoms. The van der Waals surface area contributed by atoms with Crippen molar-refractivity contribution in [3.63, 3.8) is 0 Å². The van der Waals surface area contributed by atoms with E-state index < -0.39 is 41.3 Å². The maximum absolute atomic E-state index is 12.5. The first-order valence-corrected chi connectivity index (χ1v) is 7.68. The van der Waals surface area contributed by atoms with Crippen LogP contribution in [0.4, 0.5) is 0 Å². The van der Waals surface area contributed by atoms with E-state index in [0.29, 0.717) is 18.4 Å². The molecule has 2 aliphatic rings. The van der Waals surface area contributed by atoms with Crippen LogP contribution >= 0.6 is 0 Å². The number of cyclic esters (lactones) is 1. The van der Waals surface area contributed by atoms with Crippen LogP contribution in [-0.4, -0.2) is 47.7 Å². The van der Waals surface area contributed by atoms with Gasteiger partial charge in [0, 0.05) is 20.5 Å². The van der Waals surface area contributed by atoms with Gasteiger partial charge in [0.05, 0.1) is 5.57 Å². The summed E-state index contributed by atoms with van der Waals surface area (Å²) in [6.45, 7) is 5.08. The molecule has 8 nitrogen and oxygen atoms in total. The first-order chi connectivity index (χ1) is 11.2. The van der Waals surface area contributed by atoms with E-state index in [4.69, 9.17) is 15.2 Å². The van der Waals surface area contributed by atoms with E-state index in [2.05, 4.69) is 11.9 Å². The maximum atomic E-state index is 12.5. The zero-order valence-electron chi connectivity index (χ0n) is 13.8. The third-order valence-corrected chi connectivity index (χ3v) is 4.24. The second kappa shape index (κ2) is 6.74. The van der Waals surface area contributed by atoms with Crippen LogP contribution in [0.25, 0.3) is 0 Å². The molecule has 0 spiro atoms. The van der Waals surface area contributed by atoms with Gasteiger partial charge in [-0.3, -0.25) is 14.4 Å². The second-order valence-corrected chi connectivity index (χ2v) is 6.10. The first-order valence-electron chi connectivity index (χ1n) is 7.68. The van der Waals surface area contributed by atoms with Crippen LogP contribution in [0, 0.1) is 0 Å². The number of allylic oxidation sites excluding steroid dienone is 1. The molecule has 0 aromatic rings. The van der Waals surface area contributed by atoms with Crippen LogP contribution in [0.5, 0.6) is 0 Å². The molecule has 2 rings (SSSR count). The van der Waals surface area contributed by atoms with Crippen LogP contribution in [0.2, 0.25) is 0 Å². The number of carbonyl (C=O) groups is 3. The largest absolute Gasteiger partial charge is 0.506 e. The Morgan fingerprint density at radius 1 is 1.38 bits per heavy atom. The Morgan fingerprint density at radius 2 is 2.04 bits per heavy atom. The number of hydrogen-bond acceptors (Lipinski definition) is 7. The van der Waals surface area contributed by atoms with Gasteiger partial charge in [0.15, 0.2) is 11.5 Å². The highest BCUT2D eigenvalue weighted by molar-refractivity contribution is 6.04. The Balaban J connectivity index is 2.47. The molecule has 0 aromatic heterocycles. The van der Waals surface area contributed by atoms with Crippen LogP contribution in [0.15, 0.2) is 23.5 Å². The average Bonchev–Trinajstić information content (AvgIpc) is 2.51. The standard InChI is InChI=1S/C16H22N2O6/c1-8-4-6-10(23-3)13(20)12(8)14(21)16(2)18-11(19)7-5-9(17)15(22)24-16/h9-10,21H,1,4-7,17H2,2-3H3,(H,18,19)/t9-,10?,16?/m1/s1. The summed E-state index contributed by atoms with van der Waals surface area (Å²) < 4.78 is 10.3. The van der Waals surface area contributed by atoms with Crippen LogP contribution in [-0.2, 0) is 23.9 Å². The number of aliphatic hydroxyl groups excluding tert-OH is 1. The van der Waals surface area contributed by atoms with Gasteiger partial charge in [0.25, 0.3) is 0 Å². The molecule has 1 heterocycles. The lowest BCUT2D eigenvalue weighted by Gasteiger charge is -2.35. The molecule has 1 saturated heterocycles. The Hall–Kier alpha value is -2.19. The van der Waals surface area contributed by atoms with Gasteiger partial charge in [0.2, 0.25) is 11.6 Å². The number of esters is 1. The van der Waals surface area contributed by atoms with Gasteiger partial charge in [-0.1, -0.05) is 6.58 Å². The lowest BCUT2D eigenvalue weighted by molar-refractivity contribution is -0.166. The van der Waals surface area contributed by atoms with E-state index in [0.717, 1.165) is 0 Å². The fourth-order valence-corrected chi connectivity index (χ4v) is 2.79. The summed E-state index contributed by atoms with van der Waals surface area (Å²) >= 11 is 0. The highest BCUT2D eigenvalue weighted by Gasteiger charge is 2.43. The van der Waals surface area contributed by atoms with Gasteiger partial charge in [-0.25, -0.2) is 0 Å². The third-order valence-electron chi connectivity index (χ3n) is 4.24. The summed E-state index contributed by atoms with van der Waals surface area (Å²) in [5.74, 6) is -2.27. The fourth-order valence-electron chi connectivity index (χ4n) is 2.79. The topological polar surface area (TPSA) is 128 Å². The van der Waals surface area contributed by atoms with Crippen molar-refractivity contribution in [2.24, 2.45) is 5.73 Å². The van der Waals surface area contributed by atoms with Crippen LogP contribution in [0.3, 0.4) is 0 Å².